The predicted octanol–water partition coefficient (Wildman–Crippen LogP) is 2.03. The van der Waals surface area contributed by atoms with Crippen molar-refractivity contribution in [2.24, 2.45) is 5.92 Å². The van der Waals surface area contributed by atoms with Gasteiger partial charge >= 0.3 is 0 Å². The molecule has 0 N–H and O–H groups in total. The number of carbonyl (C=O) groups is 1. The first kappa shape index (κ1) is 15.3. The number of hydrogen-bond donors (Lipinski definition) is 0. The topological polar surface area (TPSA) is 56.0 Å². The first-order valence-electron chi connectivity index (χ1n) is 7.76. The smallest absolute Gasteiger partial charge is 0.227 e. The fourth-order valence-electron chi connectivity index (χ4n) is 2.77. The minimum Gasteiger partial charge on any atom is -0.346 e. The molecular weight excluding hydrogens is 290 g/mol. The maximum absolute atomic E-state index is 12.4. The van der Waals surface area contributed by atoms with E-state index in [4.69, 9.17) is 0 Å². The van der Waals surface area contributed by atoms with E-state index in [2.05, 4.69) is 39.0 Å². The second kappa shape index (κ2) is 6.64. The van der Waals surface area contributed by atoms with Crippen molar-refractivity contribution in [1.29, 1.82) is 0 Å². The zero-order chi connectivity index (χ0) is 16.2. The van der Waals surface area contributed by atoms with Crippen LogP contribution in [0, 0.1) is 5.92 Å². The number of nitrogens with zero attached hydrogens (tertiary/aromatic N) is 5. The van der Waals surface area contributed by atoms with Crippen molar-refractivity contribution in [1.82, 2.24) is 24.2 Å². The van der Waals surface area contributed by atoms with Crippen molar-refractivity contribution in [3.05, 3.63) is 49.2 Å². The van der Waals surface area contributed by atoms with Gasteiger partial charge < -0.3 is 9.47 Å². The van der Waals surface area contributed by atoms with Crippen LogP contribution in [0.3, 0.4) is 0 Å². The SMILES string of the molecule is CC(Cn1cncn1)C(=O)N(C)CCn1ccc2ccccc21. The third kappa shape index (κ3) is 3.41. The Morgan fingerprint density at radius 2 is 2.13 bits per heavy atom. The van der Waals surface area contributed by atoms with E-state index in [-0.39, 0.29) is 11.8 Å². The molecule has 0 aliphatic carbocycles. The summed E-state index contributed by atoms with van der Waals surface area (Å²) in [4.78, 5) is 18.1. The summed E-state index contributed by atoms with van der Waals surface area (Å²) < 4.78 is 3.87. The summed E-state index contributed by atoms with van der Waals surface area (Å²) in [6.45, 7) is 3.94. The number of aromatic nitrogens is 4. The van der Waals surface area contributed by atoms with Gasteiger partial charge in [0.1, 0.15) is 12.7 Å². The van der Waals surface area contributed by atoms with E-state index in [0.717, 1.165) is 6.54 Å². The lowest BCUT2D eigenvalue weighted by atomic mass is 10.1. The highest BCUT2D eigenvalue weighted by molar-refractivity contribution is 5.80. The Balaban J connectivity index is 1.58. The molecular formula is C17H21N5O. The van der Waals surface area contributed by atoms with Gasteiger partial charge in [-0.05, 0) is 17.5 Å². The molecule has 0 bridgehead atoms. The van der Waals surface area contributed by atoms with Crippen molar-refractivity contribution in [3.8, 4) is 0 Å². The van der Waals surface area contributed by atoms with Crippen LogP contribution < -0.4 is 0 Å². The minimum atomic E-state index is -0.122. The molecule has 1 atom stereocenters. The number of hydrogen-bond acceptors (Lipinski definition) is 3. The van der Waals surface area contributed by atoms with Crippen LogP contribution in [0.25, 0.3) is 10.9 Å². The molecule has 0 fully saturated rings. The zero-order valence-electron chi connectivity index (χ0n) is 13.5. The second-order valence-corrected chi connectivity index (χ2v) is 5.85. The van der Waals surface area contributed by atoms with Gasteiger partial charge in [-0.3, -0.25) is 9.48 Å². The van der Waals surface area contributed by atoms with Crippen LogP contribution in [-0.4, -0.2) is 43.7 Å². The number of amides is 1. The summed E-state index contributed by atoms with van der Waals surface area (Å²) in [5, 5.41) is 5.27. The fraction of sp³-hybridized carbons (Fsp3) is 0.353. The normalized spacial score (nSPS) is 12.4. The first-order chi connectivity index (χ1) is 11.1. The van der Waals surface area contributed by atoms with Crippen LogP contribution in [0.1, 0.15) is 6.92 Å². The molecule has 120 valence electrons. The predicted molar refractivity (Wildman–Crippen MR) is 88.8 cm³/mol. The van der Waals surface area contributed by atoms with Crippen LogP contribution in [0.2, 0.25) is 0 Å². The zero-order valence-corrected chi connectivity index (χ0v) is 13.5. The highest BCUT2D eigenvalue weighted by atomic mass is 16.2. The van der Waals surface area contributed by atoms with Gasteiger partial charge in [0.2, 0.25) is 5.91 Å². The van der Waals surface area contributed by atoms with Crippen LogP contribution >= 0.6 is 0 Å². The van der Waals surface area contributed by atoms with Crippen LogP contribution in [0.15, 0.2) is 49.2 Å². The Morgan fingerprint density at radius 3 is 2.91 bits per heavy atom. The molecule has 3 rings (SSSR count). The summed E-state index contributed by atoms with van der Waals surface area (Å²) in [7, 11) is 1.85. The van der Waals surface area contributed by atoms with Gasteiger partial charge in [0.05, 0.1) is 12.5 Å². The van der Waals surface area contributed by atoms with Gasteiger partial charge in [-0.25, -0.2) is 4.98 Å². The molecule has 0 aliphatic rings. The first-order valence-corrected chi connectivity index (χ1v) is 7.76. The van der Waals surface area contributed by atoms with Gasteiger partial charge in [-0.2, -0.15) is 5.10 Å². The number of para-hydroxylation sites is 1. The number of benzene rings is 1. The summed E-state index contributed by atoms with van der Waals surface area (Å²) in [6.07, 6.45) is 5.19. The monoisotopic (exact) mass is 311 g/mol. The molecule has 1 amide bonds. The Labute approximate surface area is 135 Å². The van der Waals surface area contributed by atoms with E-state index >= 15 is 0 Å². The summed E-state index contributed by atoms with van der Waals surface area (Å²) in [6, 6.07) is 10.4. The van der Waals surface area contributed by atoms with E-state index in [1.807, 2.05) is 26.1 Å². The van der Waals surface area contributed by atoms with E-state index in [1.54, 1.807) is 15.9 Å². The van der Waals surface area contributed by atoms with E-state index in [1.165, 1.54) is 17.2 Å². The largest absolute Gasteiger partial charge is 0.346 e. The highest BCUT2D eigenvalue weighted by Crippen LogP contribution is 2.15. The molecule has 2 heterocycles. The van der Waals surface area contributed by atoms with Gasteiger partial charge in [0.15, 0.2) is 0 Å². The maximum Gasteiger partial charge on any atom is 0.227 e. The van der Waals surface area contributed by atoms with Crippen molar-refractivity contribution in [2.75, 3.05) is 13.6 Å². The molecule has 1 unspecified atom stereocenters. The van der Waals surface area contributed by atoms with E-state index < -0.39 is 0 Å². The Hall–Kier alpha value is -2.63. The lowest BCUT2D eigenvalue weighted by Crippen LogP contribution is -2.35. The van der Waals surface area contributed by atoms with E-state index in [9.17, 15) is 4.79 Å². The molecule has 0 radical (unpaired) electrons. The number of likely N-dealkylation sites (N-methyl/N-ethyl adjacent to an activating group) is 1. The van der Waals surface area contributed by atoms with Crippen molar-refractivity contribution in [2.45, 2.75) is 20.0 Å². The molecule has 23 heavy (non-hydrogen) atoms. The average Bonchev–Trinajstić information content (AvgIpc) is 3.21. The van der Waals surface area contributed by atoms with Crippen LogP contribution in [0.5, 0.6) is 0 Å². The van der Waals surface area contributed by atoms with Crippen molar-refractivity contribution in [3.63, 3.8) is 0 Å². The molecule has 0 spiro atoms. The third-order valence-electron chi connectivity index (χ3n) is 4.08. The van der Waals surface area contributed by atoms with Crippen molar-refractivity contribution >= 4 is 16.8 Å². The molecule has 0 saturated heterocycles. The molecule has 1 aromatic carbocycles. The molecule has 0 aliphatic heterocycles. The maximum atomic E-state index is 12.4. The Kier molecular flexibility index (Phi) is 4.41. The Morgan fingerprint density at radius 1 is 1.30 bits per heavy atom. The Bertz CT molecular complexity index is 777. The standard InChI is InChI=1S/C17H21N5O/c1-14(11-22-13-18-12-19-22)17(23)20(2)9-10-21-8-7-15-5-3-4-6-16(15)21/h3-8,12-14H,9-11H2,1-2H3. The quantitative estimate of drug-likeness (QED) is 0.700. The number of fused-ring (bicyclic) bond motifs is 1. The summed E-state index contributed by atoms with van der Waals surface area (Å²) >= 11 is 0. The van der Waals surface area contributed by atoms with Crippen LogP contribution in [-0.2, 0) is 17.9 Å². The van der Waals surface area contributed by atoms with Crippen LogP contribution in [0.4, 0.5) is 0 Å². The second-order valence-electron chi connectivity index (χ2n) is 5.85. The average molecular weight is 311 g/mol. The lowest BCUT2D eigenvalue weighted by Gasteiger charge is -2.21. The molecule has 2 aromatic heterocycles. The number of rotatable bonds is 6. The third-order valence-corrected chi connectivity index (χ3v) is 4.08. The van der Waals surface area contributed by atoms with Gasteiger partial charge in [-0.1, -0.05) is 25.1 Å². The van der Waals surface area contributed by atoms with E-state index in [0.29, 0.717) is 13.1 Å². The molecule has 0 saturated carbocycles. The molecule has 6 nitrogen and oxygen atoms in total. The number of carbonyl (C=O) groups excluding carboxylic acids is 1. The highest BCUT2D eigenvalue weighted by Gasteiger charge is 2.18. The molecule has 3 aromatic rings. The molecule has 6 heteroatoms. The van der Waals surface area contributed by atoms with Crippen molar-refractivity contribution < 1.29 is 4.79 Å². The van der Waals surface area contributed by atoms with Gasteiger partial charge in [0, 0.05) is 31.9 Å². The fourth-order valence-corrected chi connectivity index (χ4v) is 2.77. The van der Waals surface area contributed by atoms with Gasteiger partial charge in [-0.15, -0.1) is 0 Å². The van der Waals surface area contributed by atoms with Gasteiger partial charge in [0.25, 0.3) is 0 Å². The minimum absolute atomic E-state index is 0.122. The summed E-state index contributed by atoms with van der Waals surface area (Å²) in [5.41, 5.74) is 1.20. The summed E-state index contributed by atoms with van der Waals surface area (Å²) in [5.74, 6) is 0.0000630. The lowest BCUT2D eigenvalue weighted by molar-refractivity contribution is -0.134.